The number of halogens is 3. The van der Waals surface area contributed by atoms with Gasteiger partial charge in [0, 0.05) is 0 Å². The summed E-state index contributed by atoms with van der Waals surface area (Å²) in [6.07, 6.45) is -4.79. The van der Waals surface area contributed by atoms with E-state index in [1.807, 2.05) is 0 Å². The number of aliphatic hydroxyl groups is 1. The minimum absolute atomic E-state index is 0.334. The van der Waals surface area contributed by atoms with Crippen molar-refractivity contribution in [3.8, 4) is 0 Å². The molecule has 2 saturated heterocycles. The van der Waals surface area contributed by atoms with Gasteiger partial charge in [0.05, 0.1) is 21.7 Å². The van der Waals surface area contributed by atoms with E-state index in [0.717, 1.165) is 0 Å². The van der Waals surface area contributed by atoms with Gasteiger partial charge in [-0.15, -0.1) is 0 Å². The van der Waals surface area contributed by atoms with Crippen LogP contribution in [0.5, 0.6) is 0 Å². The zero-order valence-electron chi connectivity index (χ0n) is 9.00. The number of hydrogen-bond acceptors (Lipinski definition) is 3. The lowest BCUT2D eigenvalue weighted by Gasteiger charge is -2.38. The Morgan fingerprint density at radius 1 is 1.24 bits per heavy atom. The summed E-state index contributed by atoms with van der Waals surface area (Å²) in [6, 6.07) is 0. The summed E-state index contributed by atoms with van der Waals surface area (Å²) in [4.78, 5) is 0. The SMILES string of the molecule is C=C(C(F)(F)F)C1(O)CC2CCC(C1)S2(=O)=O. The zero-order chi connectivity index (χ0) is 13.1. The molecular formula is C10H13F3O3S. The Labute approximate surface area is 97.2 Å². The molecule has 0 aromatic carbocycles. The third-order valence-corrected chi connectivity index (χ3v) is 6.44. The summed E-state index contributed by atoms with van der Waals surface area (Å²) in [6.45, 7) is 2.90. The van der Waals surface area contributed by atoms with Crippen molar-refractivity contribution in [1.29, 1.82) is 0 Å². The molecule has 0 aliphatic carbocycles. The van der Waals surface area contributed by atoms with Gasteiger partial charge in [-0.1, -0.05) is 6.58 Å². The van der Waals surface area contributed by atoms with Crippen LogP contribution in [0.15, 0.2) is 12.2 Å². The van der Waals surface area contributed by atoms with Crippen LogP contribution in [0.25, 0.3) is 0 Å². The van der Waals surface area contributed by atoms with Gasteiger partial charge in [-0.05, 0) is 25.7 Å². The molecule has 2 aliphatic rings. The van der Waals surface area contributed by atoms with Gasteiger partial charge in [0.25, 0.3) is 0 Å². The number of fused-ring (bicyclic) bond motifs is 2. The molecule has 0 amide bonds. The predicted molar refractivity (Wildman–Crippen MR) is 55.1 cm³/mol. The van der Waals surface area contributed by atoms with Crippen LogP contribution in [0, 0.1) is 0 Å². The average Bonchev–Trinajstić information content (AvgIpc) is 2.39. The third kappa shape index (κ3) is 1.89. The molecule has 0 radical (unpaired) electrons. The number of hydrogen-bond donors (Lipinski definition) is 1. The third-order valence-electron chi connectivity index (χ3n) is 3.77. The molecule has 2 rings (SSSR count). The molecule has 1 N–H and O–H groups in total. The first-order valence-corrected chi connectivity index (χ1v) is 6.90. The molecule has 2 heterocycles. The Balaban J connectivity index is 2.31. The van der Waals surface area contributed by atoms with Gasteiger partial charge in [-0.3, -0.25) is 0 Å². The van der Waals surface area contributed by atoms with E-state index in [0.29, 0.717) is 12.8 Å². The van der Waals surface area contributed by atoms with Crippen molar-refractivity contribution in [1.82, 2.24) is 0 Å². The fourth-order valence-corrected chi connectivity index (χ4v) is 5.25. The maximum atomic E-state index is 12.5. The lowest BCUT2D eigenvalue weighted by Crippen LogP contribution is -2.48. The first-order valence-electron chi connectivity index (χ1n) is 5.29. The molecule has 17 heavy (non-hydrogen) atoms. The minimum Gasteiger partial charge on any atom is -0.385 e. The van der Waals surface area contributed by atoms with Gasteiger partial charge in [-0.2, -0.15) is 13.2 Å². The van der Waals surface area contributed by atoms with Crippen LogP contribution in [0.1, 0.15) is 25.7 Å². The van der Waals surface area contributed by atoms with Crippen LogP contribution >= 0.6 is 0 Å². The molecule has 2 atom stereocenters. The maximum Gasteiger partial charge on any atom is 0.414 e. The van der Waals surface area contributed by atoms with Crippen molar-refractivity contribution in [2.45, 2.75) is 48.0 Å². The molecule has 0 spiro atoms. The van der Waals surface area contributed by atoms with Crippen LogP contribution < -0.4 is 0 Å². The Morgan fingerprint density at radius 2 is 1.65 bits per heavy atom. The van der Waals surface area contributed by atoms with Crippen molar-refractivity contribution >= 4 is 9.84 Å². The van der Waals surface area contributed by atoms with Crippen LogP contribution in [-0.4, -0.2) is 35.8 Å². The highest BCUT2D eigenvalue weighted by Gasteiger charge is 2.57. The van der Waals surface area contributed by atoms with Crippen LogP contribution in [0.4, 0.5) is 13.2 Å². The molecule has 2 bridgehead atoms. The summed E-state index contributed by atoms with van der Waals surface area (Å²) in [5, 5.41) is 8.29. The van der Waals surface area contributed by atoms with Crippen molar-refractivity contribution in [2.24, 2.45) is 0 Å². The topological polar surface area (TPSA) is 54.4 Å². The van der Waals surface area contributed by atoms with Crippen molar-refractivity contribution < 1.29 is 26.7 Å². The summed E-state index contributed by atoms with van der Waals surface area (Å²) in [7, 11) is -3.35. The zero-order valence-corrected chi connectivity index (χ0v) is 9.81. The van der Waals surface area contributed by atoms with Crippen molar-refractivity contribution in [2.75, 3.05) is 0 Å². The van der Waals surface area contributed by atoms with Crippen molar-refractivity contribution in [3.05, 3.63) is 12.2 Å². The van der Waals surface area contributed by atoms with Gasteiger partial charge in [0.2, 0.25) is 0 Å². The van der Waals surface area contributed by atoms with Crippen LogP contribution in [-0.2, 0) is 9.84 Å². The molecule has 3 nitrogen and oxygen atoms in total. The highest BCUT2D eigenvalue weighted by Crippen LogP contribution is 2.48. The lowest BCUT2D eigenvalue weighted by atomic mass is 9.86. The van der Waals surface area contributed by atoms with E-state index in [-0.39, 0.29) is 12.8 Å². The van der Waals surface area contributed by atoms with Gasteiger partial charge in [0.1, 0.15) is 0 Å². The molecule has 2 aliphatic heterocycles. The number of sulfone groups is 1. The molecule has 0 aromatic heterocycles. The van der Waals surface area contributed by atoms with Crippen LogP contribution in [0.2, 0.25) is 0 Å². The number of rotatable bonds is 1. The Hall–Kier alpha value is -0.560. The summed E-state index contributed by atoms with van der Waals surface area (Å²) in [5.74, 6) is 0. The smallest absolute Gasteiger partial charge is 0.385 e. The van der Waals surface area contributed by atoms with Gasteiger partial charge < -0.3 is 5.11 Å². The fraction of sp³-hybridized carbons (Fsp3) is 0.800. The first kappa shape index (κ1) is 12.9. The molecule has 98 valence electrons. The Bertz CT molecular complexity index is 432. The van der Waals surface area contributed by atoms with E-state index in [1.54, 1.807) is 0 Å². The molecular weight excluding hydrogens is 257 g/mol. The second-order valence-corrected chi connectivity index (χ2v) is 7.34. The highest BCUT2D eigenvalue weighted by atomic mass is 32.2. The highest BCUT2D eigenvalue weighted by molar-refractivity contribution is 7.93. The summed E-state index contributed by atoms with van der Waals surface area (Å²) in [5.41, 5.74) is -3.34. The van der Waals surface area contributed by atoms with E-state index in [2.05, 4.69) is 6.58 Å². The van der Waals surface area contributed by atoms with E-state index < -0.39 is 37.7 Å². The molecule has 0 saturated carbocycles. The molecule has 7 heteroatoms. The van der Waals surface area contributed by atoms with Gasteiger partial charge in [-0.25, -0.2) is 8.42 Å². The van der Waals surface area contributed by atoms with Gasteiger partial charge in [0.15, 0.2) is 9.84 Å². The Morgan fingerprint density at radius 3 is 2.00 bits per heavy atom. The number of alkyl halides is 3. The van der Waals surface area contributed by atoms with E-state index in [4.69, 9.17) is 0 Å². The first-order chi connectivity index (χ1) is 7.57. The molecule has 2 unspecified atom stereocenters. The summed E-state index contributed by atoms with van der Waals surface area (Å²) >= 11 is 0. The fourth-order valence-electron chi connectivity index (χ4n) is 2.76. The quantitative estimate of drug-likeness (QED) is 0.736. The average molecular weight is 270 g/mol. The predicted octanol–water partition coefficient (Wildman–Crippen LogP) is 1.58. The second-order valence-electron chi connectivity index (χ2n) is 4.83. The van der Waals surface area contributed by atoms with E-state index >= 15 is 0 Å². The monoisotopic (exact) mass is 270 g/mol. The van der Waals surface area contributed by atoms with E-state index in [1.165, 1.54) is 0 Å². The normalized spacial score (nSPS) is 40.2. The maximum absolute atomic E-state index is 12.5. The molecule has 2 fully saturated rings. The van der Waals surface area contributed by atoms with Crippen LogP contribution in [0.3, 0.4) is 0 Å². The largest absolute Gasteiger partial charge is 0.414 e. The second kappa shape index (κ2) is 3.47. The Kier molecular flexibility index (Phi) is 2.63. The standard InChI is InChI=1S/C10H13F3O3S/c1-6(10(11,12)13)9(14)4-7-2-3-8(5-9)17(7,15)16/h7-8,14H,1-5H2. The van der Waals surface area contributed by atoms with E-state index in [9.17, 15) is 26.7 Å². The lowest BCUT2D eigenvalue weighted by molar-refractivity contribution is -0.123. The van der Waals surface area contributed by atoms with Gasteiger partial charge >= 0.3 is 6.18 Å². The van der Waals surface area contributed by atoms with Crippen molar-refractivity contribution in [3.63, 3.8) is 0 Å². The molecule has 0 aromatic rings. The summed E-state index contributed by atoms with van der Waals surface area (Å²) < 4.78 is 61.0. The minimum atomic E-state index is -4.69.